The molecule has 2 rings (SSSR count). The van der Waals surface area contributed by atoms with Gasteiger partial charge < -0.3 is 5.32 Å². The Morgan fingerprint density at radius 2 is 1.95 bits per heavy atom. The van der Waals surface area contributed by atoms with Gasteiger partial charge in [0.05, 0.1) is 23.0 Å². The summed E-state index contributed by atoms with van der Waals surface area (Å²) in [6, 6.07) is 8.88. The van der Waals surface area contributed by atoms with Crippen LogP contribution >= 0.6 is 11.6 Å². The summed E-state index contributed by atoms with van der Waals surface area (Å²) in [4.78, 5) is 0. The molecule has 114 valence electrons. The van der Waals surface area contributed by atoms with Gasteiger partial charge in [-0.15, -0.1) is 0 Å². The van der Waals surface area contributed by atoms with Crippen molar-refractivity contribution in [3.8, 4) is 0 Å². The highest BCUT2D eigenvalue weighted by atomic mass is 35.5. The molecule has 0 amide bonds. The highest BCUT2D eigenvalue weighted by Crippen LogP contribution is 2.26. The van der Waals surface area contributed by atoms with Crippen LogP contribution in [-0.4, -0.2) is 16.3 Å². The van der Waals surface area contributed by atoms with Gasteiger partial charge in [-0.25, -0.2) is 0 Å². The maximum atomic E-state index is 6.38. The van der Waals surface area contributed by atoms with Crippen molar-refractivity contribution in [2.24, 2.45) is 0 Å². The molecule has 2 aromatic rings. The van der Waals surface area contributed by atoms with Crippen LogP contribution in [0, 0.1) is 6.92 Å². The number of hydrogen-bond donors (Lipinski definition) is 1. The molecule has 0 spiro atoms. The second-order valence-corrected chi connectivity index (χ2v) is 5.81. The zero-order chi connectivity index (χ0) is 15.2. The first-order valence-electron chi connectivity index (χ1n) is 7.65. The largest absolute Gasteiger partial charge is 0.309 e. The van der Waals surface area contributed by atoms with Gasteiger partial charge in [0.15, 0.2) is 0 Å². The second-order valence-electron chi connectivity index (χ2n) is 5.40. The topological polar surface area (TPSA) is 29.9 Å². The summed E-state index contributed by atoms with van der Waals surface area (Å²) < 4.78 is 2.03. The molecule has 21 heavy (non-hydrogen) atoms. The van der Waals surface area contributed by atoms with Gasteiger partial charge in [0.2, 0.25) is 0 Å². The van der Waals surface area contributed by atoms with E-state index in [0.29, 0.717) is 0 Å². The molecule has 1 unspecified atom stereocenters. The summed E-state index contributed by atoms with van der Waals surface area (Å²) in [6.07, 6.45) is 3.73. The summed E-state index contributed by atoms with van der Waals surface area (Å²) in [6.45, 7) is 8.19. The first-order valence-corrected chi connectivity index (χ1v) is 8.03. The zero-order valence-corrected chi connectivity index (χ0v) is 13.8. The molecule has 0 aliphatic rings. The molecule has 0 saturated heterocycles. The molecule has 0 aliphatic carbocycles. The SMILES string of the molecule is CCCn1ncc(Cl)c1C(Cc1ccc(C)cc1)NCC. The number of aryl methyl sites for hydroxylation is 2. The van der Waals surface area contributed by atoms with Crippen LogP contribution < -0.4 is 5.32 Å². The van der Waals surface area contributed by atoms with Crippen LogP contribution in [0.5, 0.6) is 0 Å². The molecule has 0 radical (unpaired) electrons. The fraction of sp³-hybridized carbons (Fsp3) is 0.471. The van der Waals surface area contributed by atoms with Crippen molar-refractivity contribution in [3.05, 3.63) is 52.3 Å². The van der Waals surface area contributed by atoms with Crippen molar-refractivity contribution in [1.29, 1.82) is 0 Å². The van der Waals surface area contributed by atoms with Crippen LogP contribution in [-0.2, 0) is 13.0 Å². The molecule has 0 aliphatic heterocycles. The Kier molecular flexibility index (Phi) is 5.83. The lowest BCUT2D eigenvalue weighted by Crippen LogP contribution is -2.26. The summed E-state index contributed by atoms with van der Waals surface area (Å²) in [5, 5.41) is 8.70. The van der Waals surface area contributed by atoms with Crippen molar-refractivity contribution >= 4 is 11.6 Å². The van der Waals surface area contributed by atoms with E-state index in [0.717, 1.165) is 36.6 Å². The summed E-state index contributed by atoms with van der Waals surface area (Å²) in [7, 11) is 0. The predicted molar refractivity (Wildman–Crippen MR) is 88.8 cm³/mol. The molecule has 0 saturated carbocycles. The minimum absolute atomic E-state index is 0.194. The third kappa shape index (κ3) is 4.08. The van der Waals surface area contributed by atoms with Crippen LogP contribution in [0.25, 0.3) is 0 Å². The Balaban J connectivity index is 2.26. The Hall–Kier alpha value is -1.32. The first kappa shape index (κ1) is 16.1. The van der Waals surface area contributed by atoms with E-state index in [4.69, 9.17) is 11.6 Å². The summed E-state index contributed by atoms with van der Waals surface area (Å²) in [5.74, 6) is 0. The van der Waals surface area contributed by atoms with Gasteiger partial charge in [0.1, 0.15) is 0 Å². The highest BCUT2D eigenvalue weighted by molar-refractivity contribution is 6.31. The molecule has 1 heterocycles. The molecule has 0 fully saturated rings. The Labute approximate surface area is 132 Å². The second kappa shape index (κ2) is 7.62. The number of rotatable bonds is 7. The number of benzene rings is 1. The normalized spacial score (nSPS) is 12.6. The van der Waals surface area contributed by atoms with Gasteiger partial charge in [0, 0.05) is 6.54 Å². The quantitative estimate of drug-likeness (QED) is 0.833. The van der Waals surface area contributed by atoms with E-state index in [9.17, 15) is 0 Å². The van der Waals surface area contributed by atoms with Crippen LogP contribution in [0.1, 0.15) is 43.1 Å². The van der Waals surface area contributed by atoms with E-state index < -0.39 is 0 Å². The van der Waals surface area contributed by atoms with E-state index in [1.54, 1.807) is 6.20 Å². The molecule has 3 nitrogen and oxygen atoms in total. The standard InChI is InChI=1S/C17H24ClN3/c1-4-10-21-17(15(18)12-20-21)16(19-5-2)11-14-8-6-13(3)7-9-14/h6-9,12,16,19H,4-5,10-11H2,1-3H3. The van der Waals surface area contributed by atoms with Gasteiger partial charge in [-0.2, -0.15) is 5.10 Å². The van der Waals surface area contributed by atoms with E-state index in [2.05, 4.69) is 55.5 Å². The number of hydrogen-bond acceptors (Lipinski definition) is 2. The van der Waals surface area contributed by atoms with Gasteiger partial charge in [-0.3, -0.25) is 4.68 Å². The number of aromatic nitrogens is 2. The lowest BCUT2D eigenvalue weighted by atomic mass is 10.0. The highest BCUT2D eigenvalue weighted by Gasteiger charge is 2.19. The van der Waals surface area contributed by atoms with E-state index in [1.165, 1.54) is 11.1 Å². The third-order valence-corrected chi connectivity index (χ3v) is 3.90. The average molecular weight is 306 g/mol. The Morgan fingerprint density at radius 1 is 1.24 bits per heavy atom. The first-order chi connectivity index (χ1) is 10.2. The van der Waals surface area contributed by atoms with Crippen LogP contribution in [0.15, 0.2) is 30.5 Å². The minimum atomic E-state index is 0.194. The fourth-order valence-electron chi connectivity index (χ4n) is 2.58. The number of likely N-dealkylation sites (N-methyl/N-ethyl adjacent to an activating group) is 1. The maximum absolute atomic E-state index is 6.38. The zero-order valence-electron chi connectivity index (χ0n) is 13.1. The predicted octanol–water partition coefficient (Wildman–Crippen LogP) is 4.15. The molecule has 1 N–H and O–H groups in total. The molecule has 1 aromatic heterocycles. The Bertz CT molecular complexity index is 560. The molecule has 0 bridgehead atoms. The number of nitrogens with zero attached hydrogens (tertiary/aromatic N) is 2. The van der Waals surface area contributed by atoms with E-state index in [1.807, 2.05) is 4.68 Å². The van der Waals surface area contributed by atoms with Gasteiger partial charge in [0.25, 0.3) is 0 Å². The third-order valence-electron chi connectivity index (χ3n) is 3.61. The summed E-state index contributed by atoms with van der Waals surface area (Å²) in [5.41, 5.74) is 3.70. The van der Waals surface area contributed by atoms with Gasteiger partial charge in [-0.1, -0.05) is 55.3 Å². The Morgan fingerprint density at radius 3 is 2.57 bits per heavy atom. The molecule has 4 heteroatoms. The monoisotopic (exact) mass is 305 g/mol. The van der Waals surface area contributed by atoms with Crippen molar-refractivity contribution in [3.63, 3.8) is 0 Å². The fourth-order valence-corrected chi connectivity index (χ4v) is 2.85. The van der Waals surface area contributed by atoms with Crippen LogP contribution in [0.3, 0.4) is 0 Å². The van der Waals surface area contributed by atoms with E-state index >= 15 is 0 Å². The van der Waals surface area contributed by atoms with Crippen molar-refractivity contribution in [2.75, 3.05) is 6.54 Å². The molecule has 1 atom stereocenters. The van der Waals surface area contributed by atoms with Crippen LogP contribution in [0.2, 0.25) is 5.02 Å². The number of nitrogens with one attached hydrogen (secondary N) is 1. The smallest absolute Gasteiger partial charge is 0.0834 e. The van der Waals surface area contributed by atoms with Gasteiger partial charge >= 0.3 is 0 Å². The number of halogens is 1. The van der Waals surface area contributed by atoms with Crippen molar-refractivity contribution in [2.45, 2.75) is 46.2 Å². The summed E-state index contributed by atoms with van der Waals surface area (Å²) >= 11 is 6.38. The van der Waals surface area contributed by atoms with Crippen molar-refractivity contribution < 1.29 is 0 Å². The maximum Gasteiger partial charge on any atom is 0.0834 e. The van der Waals surface area contributed by atoms with E-state index in [-0.39, 0.29) is 6.04 Å². The molecule has 1 aromatic carbocycles. The molecular weight excluding hydrogens is 282 g/mol. The van der Waals surface area contributed by atoms with Crippen LogP contribution in [0.4, 0.5) is 0 Å². The lowest BCUT2D eigenvalue weighted by molar-refractivity contribution is 0.478. The van der Waals surface area contributed by atoms with Crippen molar-refractivity contribution in [1.82, 2.24) is 15.1 Å². The molecular formula is C17H24ClN3. The lowest BCUT2D eigenvalue weighted by Gasteiger charge is -2.20. The minimum Gasteiger partial charge on any atom is -0.309 e. The van der Waals surface area contributed by atoms with Gasteiger partial charge in [-0.05, 0) is 31.9 Å². The average Bonchev–Trinajstić information content (AvgIpc) is 2.82.